The van der Waals surface area contributed by atoms with Gasteiger partial charge in [0.05, 0.1) is 6.04 Å². The van der Waals surface area contributed by atoms with Gasteiger partial charge in [0.1, 0.15) is 18.7 Å². The van der Waals surface area contributed by atoms with E-state index in [1.807, 2.05) is 0 Å². The number of carbonyl (C=O) groups excluding carboxylic acids is 2. The second-order valence-corrected chi connectivity index (χ2v) is 8.34. The normalized spacial score (nSPS) is 16.4. The molecule has 0 aromatic carbocycles. The summed E-state index contributed by atoms with van der Waals surface area (Å²) in [5, 5.41) is 9.22. The molecule has 11 heteroatoms. The van der Waals surface area contributed by atoms with Gasteiger partial charge < -0.3 is 19.6 Å². The number of hydrogen-bond donors (Lipinski definition) is 2. The lowest BCUT2D eigenvalue weighted by Crippen LogP contribution is -2.49. The number of H-pyrrole nitrogens is 1. The van der Waals surface area contributed by atoms with Gasteiger partial charge in [-0.3, -0.25) is 23.9 Å². The predicted octanol–water partition coefficient (Wildman–Crippen LogP) is 0.158. The summed E-state index contributed by atoms with van der Waals surface area (Å²) in [7, 11) is 0. The molecule has 2 heterocycles. The number of likely N-dealkylation sites (tertiary alicyclic amines) is 1. The first-order valence-corrected chi connectivity index (χ1v) is 9.67. The van der Waals surface area contributed by atoms with Crippen molar-refractivity contribution in [1.82, 2.24) is 19.4 Å². The fourth-order valence-electron chi connectivity index (χ4n) is 3.24. The van der Waals surface area contributed by atoms with Crippen molar-refractivity contribution in [1.29, 1.82) is 0 Å². The van der Waals surface area contributed by atoms with E-state index in [1.54, 1.807) is 20.8 Å². The first-order valence-electron chi connectivity index (χ1n) is 9.67. The van der Waals surface area contributed by atoms with Crippen LogP contribution in [0.1, 0.15) is 39.2 Å². The van der Waals surface area contributed by atoms with Crippen molar-refractivity contribution in [2.75, 3.05) is 19.6 Å². The summed E-state index contributed by atoms with van der Waals surface area (Å²) in [6.07, 6.45) is 2.04. The summed E-state index contributed by atoms with van der Waals surface area (Å²) < 4.78 is 6.42. The molecule has 2 rings (SSSR count). The van der Waals surface area contributed by atoms with Gasteiger partial charge in [-0.05, 0) is 40.5 Å². The lowest BCUT2D eigenvalue weighted by Gasteiger charge is -2.31. The molecule has 1 saturated heterocycles. The summed E-state index contributed by atoms with van der Waals surface area (Å²) in [6.45, 7) is 6.19. The van der Waals surface area contributed by atoms with Gasteiger partial charge in [-0.2, -0.15) is 0 Å². The van der Waals surface area contributed by atoms with Crippen molar-refractivity contribution in [2.45, 2.75) is 58.7 Å². The van der Waals surface area contributed by atoms with Crippen LogP contribution in [-0.4, -0.2) is 73.7 Å². The van der Waals surface area contributed by atoms with E-state index in [2.05, 4.69) is 4.98 Å². The molecule has 0 radical (unpaired) electrons. The Bertz CT molecular complexity index is 928. The maximum Gasteiger partial charge on any atom is 0.410 e. The Kier molecular flexibility index (Phi) is 7.06. The summed E-state index contributed by atoms with van der Waals surface area (Å²) in [6, 6.07) is -0.391. The molecule has 1 fully saturated rings. The number of nitrogens with one attached hydrogen (secondary N) is 1. The second kappa shape index (κ2) is 9.14. The molecule has 1 aliphatic heterocycles. The number of aromatic amines is 1. The van der Waals surface area contributed by atoms with Gasteiger partial charge in [-0.25, -0.2) is 9.59 Å². The number of amides is 2. The maximum absolute atomic E-state index is 12.8. The van der Waals surface area contributed by atoms with Gasteiger partial charge in [0.2, 0.25) is 5.91 Å². The molecule has 11 nitrogen and oxygen atoms in total. The minimum atomic E-state index is -1.21. The molecule has 0 unspecified atom stereocenters. The number of carboxylic acid groups (broad SMARTS) is 1. The van der Waals surface area contributed by atoms with Crippen molar-refractivity contribution in [3.63, 3.8) is 0 Å². The molecule has 0 spiro atoms. The van der Waals surface area contributed by atoms with E-state index >= 15 is 0 Å². The number of carbonyl (C=O) groups is 3. The third-order valence-corrected chi connectivity index (χ3v) is 4.61. The topological polar surface area (TPSA) is 142 Å². The highest BCUT2D eigenvalue weighted by Gasteiger charge is 2.34. The van der Waals surface area contributed by atoms with E-state index in [1.165, 1.54) is 18.0 Å². The number of aryl methyl sites for hydroxylation is 1. The van der Waals surface area contributed by atoms with Crippen LogP contribution in [0.4, 0.5) is 4.79 Å². The zero-order chi connectivity index (χ0) is 22.6. The van der Waals surface area contributed by atoms with Crippen LogP contribution in [0.25, 0.3) is 0 Å². The fourth-order valence-corrected chi connectivity index (χ4v) is 3.24. The molecule has 1 aliphatic rings. The molecular formula is C19H28N4O7. The Morgan fingerprint density at radius 1 is 1.30 bits per heavy atom. The standard InChI is InChI=1S/C19H28N4O7/c1-12-8-22(17(28)20-16(12)27)10-14(24)21(11-15(25)26)9-13-6-5-7-23(13)18(29)30-19(2,3)4/h8,13H,5-7,9-11H2,1-4H3,(H,25,26)(H,20,27,28)/t13-/m1/s1. The highest BCUT2D eigenvalue weighted by Crippen LogP contribution is 2.21. The van der Waals surface area contributed by atoms with E-state index < -0.39 is 54.0 Å². The Morgan fingerprint density at radius 2 is 1.97 bits per heavy atom. The van der Waals surface area contributed by atoms with Gasteiger partial charge in [-0.15, -0.1) is 0 Å². The van der Waals surface area contributed by atoms with Crippen LogP contribution in [0.5, 0.6) is 0 Å². The molecule has 1 aromatic rings. The lowest BCUT2D eigenvalue weighted by molar-refractivity contribution is -0.145. The largest absolute Gasteiger partial charge is 0.480 e. The van der Waals surface area contributed by atoms with Crippen molar-refractivity contribution in [3.8, 4) is 0 Å². The van der Waals surface area contributed by atoms with Crippen LogP contribution in [0, 0.1) is 6.92 Å². The Morgan fingerprint density at radius 3 is 2.57 bits per heavy atom. The van der Waals surface area contributed by atoms with E-state index in [0.717, 1.165) is 9.47 Å². The van der Waals surface area contributed by atoms with Gasteiger partial charge in [0.25, 0.3) is 5.56 Å². The monoisotopic (exact) mass is 424 g/mol. The molecule has 0 aliphatic carbocycles. The number of nitrogens with zero attached hydrogens (tertiary/aromatic N) is 3. The van der Waals surface area contributed by atoms with Gasteiger partial charge in [0, 0.05) is 24.8 Å². The highest BCUT2D eigenvalue weighted by molar-refractivity contribution is 5.81. The van der Waals surface area contributed by atoms with E-state index in [9.17, 15) is 29.1 Å². The van der Waals surface area contributed by atoms with E-state index in [4.69, 9.17) is 4.74 Å². The molecule has 1 aromatic heterocycles. The molecule has 2 N–H and O–H groups in total. The third-order valence-electron chi connectivity index (χ3n) is 4.61. The summed E-state index contributed by atoms with van der Waals surface area (Å²) in [5.74, 6) is -1.82. The Labute approximate surface area is 173 Å². The average molecular weight is 424 g/mol. The lowest BCUT2D eigenvalue weighted by atomic mass is 10.2. The maximum atomic E-state index is 12.8. The molecule has 2 amide bonds. The zero-order valence-corrected chi connectivity index (χ0v) is 17.6. The van der Waals surface area contributed by atoms with Crippen LogP contribution in [0.3, 0.4) is 0 Å². The Hall–Kier alpha value is -3.11. The number of aromatic nitrogens is 2. The van der Waals surface area contributed by atoms with E-state index in [-0.39, 0.29) is 12.1 Å². The SMILES string of the molecule is Cc1cn(CC(=O)N(CC(=O)O)C[C@H]2CCCN2C(=O)OC(C)(C)C)c(=O)[nH]c1=O. The number of ether oxygens (including phenoxy) is 1. The van der Waals surface area contributed by atoms with Crippen molar-refractivity contribution < 1.29 is 24.2 Å². The number of aliphatic carboxylic acids is 1. The molecule has 1 atom stereocenters. The Balaban J connectivity index is 2.17. The van der Waals surface area contributed by atoms with Crippen LogP contribution in [0.2, 0.25) is 0 Å². The van der Waals surface area contributed by atoms with Crippen LogP contribution < -0.4 is 11.2 Å². The highest BCUT2D eigenvalue weighted by atomic mass is 16.6. The minimum Gasteiger partial charge on any atom is -0.480 e. The molecule has 0 bridgehead atoms. The summed E-state index contributed by atoms with van der Waals surface area (Å²) >= 11 is 0. The van der Waals surface area contributed by atoms with E-state index in [0.29, 0.717) is 19.4 Å². The summed E-state index contributed by atoms with van der Waals surface area (Å²) in [4.78, 5) is 64.7. The number of hydrogen-bond acceptors (Lipinski definition) is 6. The molecule has 0 saturated carbocycles. The van der Waals surface area contributed by atoms with Crippen LogP contribution in [0.15, 0.2) is 15.8 Å². The second-order valence-electron chi connectivity index (χ2n) is 8.34. The summed E-state index contributed by atoms with van der Waals surface area (Å²) in [5.41, 5.74) is -1.74. The quantitative estimate of drug-likeness (QED) is 0.662. The van der Waals surface area contributed by atoms with Gasteiger partial charge in [0.15, 0.2) is 0 Å². The third kappa shape index (κ3) is 6.19. The van der Waals surface area contributed by atoms with Crippen LogP contribution in [-0.2, 0) is 20.9 Å². The zero-order valence-electron chi connectivity index (χ0n) is 17.6. The molecule has 30 heavy (non-hydrogen) atoms. The number of carboxylic acids is 1. The fraction of sp³-hybridized carbons (Fsp3) is 0.632. The first-order chi connectivity index (χ1) is 13.9. The number of rotatable bonds is 6. The van der Waals surface area contributed by atoms with Crippen molar-refractivity contribution in [2.24, 2.45) is 0 Å². The first kappa shape index (κ1) is 23.2. The molecular weight excluding hydrogens is 396 g/mol. The van der Waals surface area contributed by atoms with Gasteiger partial charge >= 0.3 is 17.8 Å². The smallest absolute Gasteiger partial charge is 0.410 e. The van der Waals surface area contributed by atoms with Crippen molar-refractivity contribution >= 4 is 18.0 Å². The minimum absolute atomic E-state index is 0.00145. The van der Waals surface area contributed by atoms with Gasteiger partial charge in [-0.1, -0.05) is 0 Å². The molecule has 166 valence electrons. The van der Waals surface area contributed by atoms with Crippen molar-refractivity contribution in [3.05, 3.63) is 32.6 Å². The predicted molar refractivity (Wildman–Crippen MR) is 106 cm³/mol. The average Bonchev–Trinajstić information content (AvgIpc) is 3.05. The van der Waals surface area contributed by atoms with Crippen LogP contribution >= 0.6 is 0 Å².